The minimum atomic E-state index is -1.94. The monoisotopic (exact) mass is 570 g/mol. The Labute approximate surface area is 242 Å². The molecule has 0 spiro atoms. The first kappa shape index (κ1) is 31.2. The first-order valence-corrected chi connectivity index (χ1v) is 17.5. The van der Waals surface area contributed by atoms with Gasteiger partial charge in [0.2, 0.25) is 0 Å². The summed E-state index contributed by atoms with van der Waals surface area (Å²) in [4.78, 5) is 14.6. The van der Waals surface area contributed by atoms with E-state index in [0.29, 0.717) is 19.4 Å². The molecule has 0 aromatic heterocycles. The van der Waals surface area contributed by atoms with E-state index in [1.165, 1.54) is 0 Å². The van der Waals surface area contributed by atoms with Crippen molar-refractivity contribution in [3.05, 3.63) is 47.1 Å². The number of hydrogen-bond donors (Lipinski definition) is 0. The fourth-order valence-corrected chi connectivity index (χ4v) is 10.5. The van der Waals surface area contributed by atoms with Crippen molar-refractivity contribution in [2.24, 2.45) is 17.3 Å². The van der Waals surface area contributed by atoms with Gasteiger partial charge in [-0.3, -0.25) is 4.79 Å². The molecule has 7 heteroatoms. The number of carbonyl (C=O) groups excluding carboxylic acids is 1. The van der Waals surface area contributed by atoms with Crippen LogP contribution in [-0.2, 0) is 18.6 Å². The van der Waals surface area contributed by atoms with E-state index < -0.39 is 25.1 Å². The maximum absolute atomic E-state index is 14.6. The molecule has 1 fully saturated rings. The number of carbonyl (C=O) groups is 1. The molecule has 6 atom stereocenters. The zero-order valence-corrected chi connectivity index (χ0v) is 27.4. The average molecular weight is 571 g/mol. The fourth-order valence-electron chi connectivity index (χ4n) is 7.82. The van der Waals surface area contributed by atoms with Crippen LogP contribution in [0.2, 0.25) is 18.1 Å². The first-order valence-electron chi connectivity index (χ1n) is 14.9. The largest absolute Gasteiger partial charge is 0.496 e. The van der Waals surface area contributed by atoms with E-state index in [-0.39, 0.29) is 23.7 Å². The summed E-state index contributed by atoms with van der Waals surface area (Å²) in [5.74, 6) is -0.288. The lowest BCUT2D eigenvalue weighted by atomic mass is 9.56. The van der Waals surface area contributed by atoms with Crippen LogP contribution in [0.1, 0.15) is 75.9 Å². The molecule has 0 radical (unpaired) electrons. The highest BCUT2D eigenvalue weighted by molar-refractivity contribution is 6.73. The average Bonchev–Trinajstić information content (AvgIpc) is 3.27. The van der Waals surface area contributed by atoms with Crippen LogP contribution in [0.4, 0.5) is 0 Å². The van der Waals surface area contributed by atoms with Crippen LogP contribution < -0.4 is 4.74 Å². The Hall–Kier alpha value is -1.77. The zero-order valence-electron chi connectivity index (χ0n) is 26.4. The van der Waals surface area contributed by atoms with E-state index in [0.717, 1.165) is 51.7 Å². The number of ketones is 1. The highest BCUT2D eigenvalue weighted by Gasteiger charge is 2.64. The summed E-state index contributed by atoms with van der Waals surface area (Å²) in [5.41, 5.74) is 3.36. The second-order valence-electron chi connectivity index (χ2n) is 12.4. The number of ether oxygens (including phenoxy) is 4. The van der Waals surface area contributed by atoms with Crippen molar-refractivity contribution in [3.63, 3.8) is 0 Å². The van der Waals surface area contributed by atoms with Crippen LogP contribution in [0, 0.1) is 24.2 Å². The maximum atomic E-state index is 14.6. The predicted molar refractivity (Wildman–Crippen MR) is 162 cm³/mol. The Morgan fingerprint density at radius 3 is 2.27 bits per heavy atom. The van der Waals surface area contributed by atoms with E-state index >= 15 is 0 Å². The summed E-state index contributed by atoms with van der Waals surface area (Å²) < 4.78 is 31.8. The minimum Gasteiger partial charge on any atom is -0.496 e. The van der Waals surface area contributed by atoms with Crippen LogP contribution >= 0.6 is 0 Å². The van der Waals surface area contributed by atoms with Gasteiger partial charge in [0.25, 0.3) is 0 Å². The normalized spacial score (nSPS) is 33.5. The number of benzene rings is 1. The van der Waals surface area contributed by atoms with Gasteiger partial charge in [-0.1, -0.05) is 39.8 Å². The lowest BCUT2D eigenvalue weighted by Gasteiger charge is -2.59. The van der Waals surface area contributed by atoms with Crippen molar-refractivity contribution in [2.75, 3.05) is 27.9 Å². The molecule has 2 aliphatic carbocycles. The number of Topliss-reactive ketones (excluding diaryl/α,β-unsaturated/α-hetero) is 1. The smallest absolute Gasteiger partial charge is 0.194 e. The van der Waals surface area contributed by atoms with E-state index in [1.54, 1.807) is 21.3 Å². The molecule has 3 aliphatic rings. The third kappa shape index (κ3) is 4.30. The van der Waals surface area contributed by atoms with E-state index in [4.69, 9.17) is 23.4 Å². The van der Waals surface area contributed by atoms with E-state index in [2.05, 4.69) is 40.3 Å². The molecule has 1 aromatic rings. The summed E-state index contributed by atoms with van der Waals surface area (Å²) >= 11 is 0. The number of fused-ring (bicyclic) bond motifs is 4. The molecule has 40 heavy (non-hydrogen) atoms. The summed E-state index contributed by atoms with van der Waals surface area (Å²) in [6, 6.07) is 7.26. The Morgan fingerprint density at radius 1 is 1.10 bits per heavy atom. The van der Waals surface area contributed by atoms with Crippen LogP contribution in [0.25, 0.3) is 5.57 Å². The number of rotatable bonds is 11. The van der Waals surface area contributed by atoms with Gasteiger partial charge in [-0.25, -0.2) is 0 Å². The Kier molecular flexibility index (Phi) is 8.68. The lowest BCUT2D eigenvalue weighted by Crippen LogP contribution is -2.66. The van der Waals surface area contributed by atoms with Gasteiger partial charge in [-0.2, -0.15) is 0 Å². The second-order valence-corrected chi connectivity index (χ2v) is 17.2. The van der Waals surface area contributed by atoms with Gasteiger partial charge in [0, 0.05) is 48.9 Å². The fraction of sp³-hybridized carbons (Fsp3) is 0.667. The minimum absolute atomic E-state index is 0.0311. The first-order chi connectivity index (χ1) is 18.9. The highest BCUT2D eigenvalue weighted by atomic mass is 28.4. The van der Waals surface area contributed by atoms with Crippen molar-refractivity contribution in [1.29, 1.82) is 0 Å². The Balaban J connectivity index is 2.00. The number of allylic oxidation sites excluding steroid dienone is 1. The maximum Gasteiger partial charge on any atom is 0.194 e. The van der Waals surface area contributed by atoms with E-state index in [9.17, 15) is 4.79 Å². The van der Waals surface area contributed by atoms with Crippen molar-refractivity contribution >= 4 is 19.7 Å². The van der Waals surface area contributed by atoms with E-state index in [1.807, 2.05) is 32.9 Å². The summed E-state index contributed by atoms with van der Waals surface area (Å²) in [6.45, 7) is 19.8. The van der Waals surface area contributed by atoms with Gasteiger partial charge >= 0.3 is 0 Å². The van der Waals surface area contributed by atoms with Crippen LogP contribution in [-0.4, -0.2) is 59.5 Å². The SMILES string of the molecule is C=CC[C@@]1(CO[Si](CC)(CC)CC)C2=C(C(=O)c3c2ccc(OC)c3C)[C@@H]2CC(C)(OC)C(C)(OC)OC2C1C. The van der Waals surface area contributed by atoms with Gasteiger partial charge in [-0.15, -0.1) is 6.58 Å². The summed E-state index contributed by atoms with van der Waals surface area (Å²) in [7, 11) is 3.09. The highest BCUT2D eigenvalue weighted by Crippen LogP contribution is 2.63. The molecule has 1 aromatic carbocycles. The standard InChI is InChI=1S/C33H50O6Si/c1-12-18-33(20-38-40(13-2,14-3)15-4)22(6)30-24(19-31(7,36-10)32(8,37-11)39-30)27-28(33)23-16-17-25(35-9)21(5)26(23)29(27)34/h12,16-17,22,24,30H,1,13-15,18-20H2,2-11H3/t22?,24-,30?,31?,32?,33-/m0/s1. The molecule has 222 valence electrons. The molecular formula is C33H50O6Si. The molecule has 4 unspecified atom stereocenters. The number of hydrogen-bond acceptors (Lipinski definition) is 6. The lowest BCUT2D eigenvalue weighted by molar-refractivity contribution is -0.360. The Bertz CT molecular complexity index is 1180. The summed E-state index contributed by atoms with van der Waals surface area (Å²) in [6.07, 6.45) is 3.04. The molecular weight excluding hydrogens is 520 g/mol. The van der Waals surface area contributed by atoms with Gasteiger partial charge in [0.15, 0.2) is 19.9 Å². The van der Waals surface area contributed by atoms with Gasteiger partial charge in [0.05, 0.1) is 13.2 Å². The predicted octanol–water partition coefficient (Wildman–Crippen LogP) is 7.36. The molecule has 6 nitrogen and oxygen atoms in total. The number of methoxy groups -OCH3 is 3. The molecule has 4 rings (SSSR count). The topological polar surface area (TPSA) is 63.2 Å². The zero-order chi connectivity index (χ0) is 29.7. The van der Waals surface area contributed by atoms with Crippen LogP contribution in [0.3, 0.4) is 0 Å². The van der Waals surface area contributed by atoms with Gasteiger partial charge in [0.1, 0.15) is 11.4 Å². The van der Waals surface area contributed by atoms with Crippen molar-refractivity contribution in [3.8, 4) is 5.75 Å². The molecule has 1 saturated heterocycles. The molecule has 1 heterocycles. The second kappa shape index (κ2) is 11.1. The van der Waals surface area contributed by atoms with Crippen LogP contribution in [0.15, 0.2) is 30.4 Å². The van der Waals surface area contributed by atoms with Crippen molar-refractivity contribution in [1.82, 2.24) is 0 Å². The third-order valence-electron chi connectivity index (χ3n) is 11.1. The van der Waals surface area contributed by atoms with Crippen LogP contribution in [0.5, 0.6) is 5.75 Å². The van der Waals surface area contributed by atoms with Gasteiger partial charge in [-0.05, 0) is 74.9 Å². The molecule has 0 N–H and O–H groups in total. The molecule has 1 aliphatic heterocycles. The third-order valence-corrected chi connectivity index (χ3v) is 15.7. The van der Waals surface area contributed by atoms with Crippen molar-refractivity contribution < 1.29 is 28.2 Å². The molecule has 0 bridgehead atoms. The quantitative estimate of drug-likeness (QED) is 0.205. The van der Waals surface area contributed by atoms with Crippen molar-refractivity contribution in [2.45, 2.75) is 96.9 Å². The summed E-state index contributed by atoms with van der Waals surface area (Å²) in [5, 5.41) is 0. The molecule has 0 amide bonds. The molecule has 0 saturated carbocycles. The van der Waals surface area contributed by atoms with Gasteiger partial charge < -0.3 is 23.4 Å². The Morgan fingerprint density at radius 2 is 1.75 bits per heavy atom.